The zero-order chi connectivity index (χ0) is 14.3. The van der Waals surface area contributed by atoms with Crippen molar-refractivity contribution in [3.8, 4) is 0 Å². The zero-order valence-electron chi connectivity index (χ0n) is 10.8. The molecule has 5 N–H and O–H groups in total. The molecule has 104 valence electrons. The Labute approximate surface area is 112 Å². The van der Waals surface area contributed by atoms with Gasteiger partial charge >= 0.3 is 0 Å². The van der Waals surface area contributed by atoms with Crippen LogP contribution in [0.1, 0.15) is 23.7 Å². The molecule has 0 saturated heterocycles. The first-order valence-corrected chi connectivity index (χ1v) is 6.10. The van der Waals surface area contributed by atoms with Crippen molar-refractivity contribution in [2.45, 2.75) is 19.4 Å². The number of amides is 2. The van der Waals surface area contributed by atoms with Crippen molar-refractivity contribution >= 4 is 17.5 Å². The van der Waals surface area contributed by atoms with E-state index >= 15 is 0 Å². The van der Waals surface area contributed by atoms with Gasteiger partial charge in [0.15, 0.2) is 0 Å². The third kappa shape index (κ3) is 4.97. The minimum absolute atomic E-state index is 0.117. The van der Waals surface area contributed by atoms with Gasteiger partial charge < -0.3 is 21.5 Å². The summed E-state index contributed by atoms with van der Waals surface area (Å²) in [6.45, 7) is 1.61. The summed E-state index contributed by atoms with van der Waals surface area (Å²) in [4.78, 5) is 23.2. The summed E-state index contributed by atoms with van der Waals surface area (Å²) < 4.78 is 0. The van der Waals surface area contributed by atoms with E-state index in [1.165, 1.54) is 0 Å². The van der Waals surface area contributed by atoms with Crippen LogP contribution in [0.5, 0.6) is 0 Å². The number of carbonyl (C=O) groups excluding carboxylic acids is 2. The topological polar surface area (TPSA) is 104 Å². The Morgan fingerprint density at radius 1 is 1.32 bits per heavy atom. The summed E-state index contributed by atoms with van der Waals surface area (Å²) in [7, 11) is 0. The molecule has 0 aliphatic heterocycles. The fraction of sp³-hybridized carbons (Fsp3) is 0.385. The van der Waals surface area contributed by atoms with Gasteiger partial charge in [-0.25, -0.2) is 0 Å². The third-order valence-electron chi connectivity index (χ3n) is 2.66. The van der Waals surface area contributed by atoms with Crippen LogP contribution in [-0.2, 0) is 4.79 Å². The molecule has 6 nitrogen and oxygen atoms in total. The quantitative estimate of drug-likeness (QED) is 0.538. The van der Waals surface area contributed by atoms with Crippen molar-refractivity contribution in [2.24, 2.45) is 0 Å². The van der Waals surface area contributed by atoms with Crippen molar-refractivity contribution < 1.29 is 14.7 Å². The van der Waals surface area contributed by atoms with Crippen molar-refractivity contribution in [1.82, 2.24) is 10.6 Å². The Kier molecular flexibility index (Phi) is 5.81. The predicted molar refractivity (Wildman–Crippen MR) is 72.5 cm³/mol. The molecule has 6 heteroatoms. The fourth-order valence-corrected chi connectivity index (χ4v) is 1.45. The van der Waals surface area contributed by atoms with Crippen LogP contribution < -0.4 is 16.4 Å². The Hall–Kier alpha value is -2.08. The van der Waals surface area contributed by atoms with Crippen molar-refractivity contribution in [3.05, 3.63) is 29.8 Å². The normalized spacial score (nSPS) is 11.7. The van der Waals surface area contributed by atoms with E-state index in [1.54, 1.807) is 24.3 Å². The standard InChI is InChI=1S/C13H19N3O3/c1-2-11(8-17)16-12(18)7-15-13(19)9-3-5-10(14)6-4-9/h3-6,11,17H,2,7-8,14H2,1H3,(H,15,19)(H,16,18)/t11-/m0/s1. The minimum Gasteiger partial charge on any atom is -0.399 e. The summed E-state index contributed by atoms with van der Waals surface area (Å²) in [5.74, 6) is -0.670. The number of nitrogen functional groups attached to an aromatic ring is 1. The van der Waals surface area contributed by atoms with Gasteiger partial charge in [0.25, 0.3) is 5.91 Å². The molecule has 0 bridgehead atoms. The fourth-order valence-electron chi connectivity index (χ4n) is 1.45. The van der Waals surface area contributed by atoms with Gasteiger partial charge in [0.2, 0.25) is 5.91 Å². The molecule has 0 aromatic heterocycles. The highest BCUT2D eigenvalue weighted by Crippen LogP contribution is 2.04. The number of hydrogen-bond acceptors (Lipinski definition) is 4. The summed E-state index contributed by atoms with van der Waals surface area (Å²) in [6, 6.07) is 6.14. The van der Waals surface area contributed by atoms with Crippen LogP contribution in [0.25, 0.3) is 0 Å². The molecule has 0 heterocycles. The number of hydrogen-bond donors (Lipinski definition) is 4. The number of aliphatic hydroxyl groups excluding tert-OH is 1. The molecule has 0 saturated carbocycles. The lowest BCUT2D eigenvalue weighted by Gasteiger charge is -2.14. The predicted octanol–water partition coefficient (Wildman–Crippen LogP) is -0.114. The lowest BCUT2D eigenvalue weighted by atomic mass is 10.2. The summed E-state index contributed by atoms with van der Waals surface area (Å²) in [5.41, 5.74) is 6.53. The average molecular weight is 265 g/mol. The Morgan fingerprint density at radius 2 is 1.95 bits per heavy atom. The lowest BCUT2D eigenvalue weighted by Crippen LogP contribution is -2.43. The highest BCUT2D eigenvalue weighted by atomic mass is 16.3. The average Bonchev–Trinajstić information content (AvgIpc) is 2.43. The van der Waals surface area contributed by atoms with Crippen LogP contribution in [0, 0.1) is 0 Å². The molecule has 0 fully saturated rings. The Bertz CT molecular complexity index is 427. The first-order chi connectivity index (χ1) is 9.06. The molecule has 1 aromatic rings. The van der Waals surface area contributed by atoms with Crippen molar-refractivity contribution in [2.75, 3.05) is 18.9 Å². The molecule has 0 aliphatic rings. The SMILES string of the molecule is CC[C@@H](CO)NC(=O)CNC(=O)c1ccc(N)cc1. The van der Waals surface area contributed by atoms with Gasteiger partial charge in [-0.15, -0.1) is 0 Å². The first kappa shape index (κ1) is 15.0. The second-order valence-corrected chi connectivity index (χ2v) is 4.16. The van der Waals surface area contributed by atoms with Crippen molar-refractivity contribution in [3.63, 3.8) is 0 Å². The number of aliphatic hydroxyl groups is 1. The molecule has 0 radical (unpaired) electrons. The van der Waals surface area contributed by atoms with E-state index in [0.717, 1.165) is 0 Å². The first-order valence-electron chi connectivity index (χ1n) is 6.10. The monoisotopic (exact) mass is 265 g/mol. The van der Waals surface area contributed by atoms with E-state index in [0.29, 0.717) is 17.7 Å². The minimum atomic E-state index is -0.341. The molecule has 1 aromatic carbocycles. The van der Waals surface area contributed by atoms with Gasteiger partial charge in [-0.2, -0.15) is 0 Å². The molecular formula is C13H19N3O3. The van der Waals surface area contributed by atoms with Crippen LogP contribution in [0.4, 0.5) is 5.69 Å². The molecule has 0 unspecified atom stereocenters. The van der Waals surface area contributed by atoms with Crippen LogP contribution in [-0.4, -0.2) is 36.1 Å². The number of rotatable bonds is 6. The number of nitrogens with two attached hydrogens (primary N) is 1. The van der Waals surface area contributed by atoms with Crippen molar-refractivity contribution in [1.29, 1.82) is 0 Å². The third-order valence-corrected chi connectivity index (χ3v) is 2.66. The van der Waals surface area contributed by atoms with Crippen LogP contribution in [0.2, 0.25) is 0 Å². The van der Waals surface area contributed by atoms with Gasteiger partial charge in [-0.1, -0.05) is 6.92 Å². The van der Waals surface area contributed by atoms with Gasteiger partial charge in [0, 0.05) is 11.3 Å². The van der Waals surface area contributed by atoms with Crippen LogP contribution in [0.15, 0.2) is 24.3 Å². The van der Waals surface area contributed by atoms with E-state index in [4.69, 9.17) is 10.8 Å². The molecular weight excluding hydrogens is 246 g/mol. The van der Waals surface area contributed by atoms with Crippen LogP contribution in [0.3, 0.4) is 0 Å². The number of anilines is 1. The molecule has 2 amide bonds. The Morgan fingerprint density at radius 3 is 2.47 bits per heavy atom. The zero-order valence-corrected chi connectivity index (χ0v) is 10.8. The highest BCUT2D eigenvalue weighted by molar-refractivity contribution is 5.96. The van der Waals surface area contributed by atoms with E-state index in [1.807, 2.05) is 6.92 Å². The maximum atomic E-state index is 11.7. The van der Waals surface area contributed by atoms with Gasteiger partial charge in [-0.3, -0.25) is 9.59 Å². The highest BCUT2D eigenvalue weighted by Gasteiger charge is 2.11. The largest absolute Gasteiger partial charge is 0.399 e. The van der Waals surface area contributed by atoms with E-state index in [-0.39, 0.29) is 31.0 Å². The van der Waals surface area contributed by atoms with Gasteiger partial charge in [0.1, 0.15) is 0 Å². The van der Waals surface area contributed by atoms with E-state index in [9.17, 15) is 9.59 Å². The smallest absolute Gasteiger partial charge is 0.251 e. The van der Waals surface area contributed by atoms with Gasteiger partial charge in [0.05, 0.1) is 19.2 Å². The summed E-state index contributed by atoms with van der Waals surface area (Å²) in [6.07, 6.45) is 0.633. The number of carbonyl (C=O) groups is 2. The van der Waals surface area contributed by atoms with E-state index < -0.39 is 0 Å². The molecule has 19 heavy (non-hydrogen) atoms. The van der Waals surface area contributed by atoms with E-state index in [2.05, 4.69) is 10.6 Å². The molecule has 1 atom stereocenters. The second-order valence-electron chi connectivity index (χ2n) is 4.16. The maximum Gasteiger partial charge on any atom is 0.251 e. The molecule has 1 rings (SSSR count). The van der Waals surface area contributed by atoms with Crippen LogP contribution >= 0.6 is 0 Å². The Balaban J connectivity index is 2.41. The molecule has 0 aliphatic carbocycles. The summed E-state index contributed by atoms with van der Waals surface area (Å²) >= 11 is 0. The molecule has 0 spiro atoms. The number of benzene rings is 1. The summed E-state index contributed by atoms with van der Waals surface area (Å²) in [5, 5.41) is 14.0. The number of nitrogens with one attached hydrogen (secondary N) is 2. The lowest BCUT2D eigenvalue weighted by molar-refractivity contribution is -0.121. The second kappa shape index (κ2) is 7.38. The maximum absolute atomic E-state index is 11.7. The van der Waals surface area contributed by atoms with Gasteiger partial charge in [-0.05, 0) is 30.7 Å².